The minimum Gasteiger partial charge on any atom is -0.457 e. The van der Waals surface area contributed by atoms with Crippen LogP contribution >= 0.6 is 0 Å². The quantitative estimate of drug-likeness (QED) is 0.819. The van der Waals surface area contributed by atoms with Gasteiger partial charge in [-0.25, -0.2) is 4.79 Å². The van der Waals surface area contributed by atoms with Crippen LogP contribution in [0.25, 0.3) is 0 Å². The summed E-state index contributed by atoms with van der Waals surface area (Å²) in [4.78, 5) is 10.6. The van der Waals surface area contributed by atoms with E-state index in [1.54, 1.807) is 0 Å². The van der Waals surface area contributed by atoms with Gasteiger partial charge in [-0.1, -0.05) is 30.3 Å². The maximum Gasteiger partial charge on any atom is 0.490 e. The molecule has 1 aromatic rings. The molecule has 122 valence electrons. The monoisotopic (exact) mass is 317 g/mol. The second-order valence-corrected chi connectivity index (χ2v) is 5.41. The molecule has 0 spiro atoms. The normalized spacial score (nSPS) is 22.7. The van der Waals surface area contributed by atoms with E-state index in [-0.39, 0.29) is 12.0 Å². The van der Waals surface area contributed by atoms with Gasteiger partial charge in [-0.05, 0) is 24.3 Å². The summed E-state index contributed by atoms with van der Waals surface area (Å²) in [5.74, 6) is -2.18. The van der Waals surface area contributed by atoms with Crippen molar-refractivity contribution in [2.45, 2.75) is 37.8 Å². The van der Waals surface area contributed by atoms with Gasteiger partial charge in [-0.3, -0.25) is 0 Å². The Bertz CT molecular complexity index is 487. The van der Waals surface area contributed by atoms with Crippen molar-refractivity contribution in [3.05, 3.63) is 35.9 Å². The highest BCUT2D eigenvalue weighted by molar-refractivity contribution is 5.75. The van der Waals surface area contributed by atoms with Crippen LogP contribution in [-0.4, -0.2) is 30.9 Å². The predicted molar refractivity (Wildman–Crippen MR) is 72.7 cm³/mol. The van der Waals surface area contributed by atoms with Crippen molar-refractivity contribution in [1.29, 1.82) is 0 Å². The molecule has 0 heterocycles. The molecule has 0 aromatic heterocycles. The Balaban J connectivity index is 1.63. The molecule has 1 unspecified atom stereocenters. The Labute approximate surface area is 126 Å². The van der Waals surface area contributed by atoms with E-state index >= 15 is 0 Å². The first kappa shape index (κ1) is 16.8. The van der Waals surface area contributed by atoms with E-state index in [4.69, 9.17) is 10.5 Å². The molecule has 0 bridgehead atoms. The molecule has 0 saturated heterocycles. The molecule has 0 amide bonds. The number of ether oxygens (including phenoxy) is 2. The van der Waals surface area contributed by atoms with Gasteiger partial charge in [0.1, 0.15) is 6.61 Å². The van der Waals surface area contributed by atoms with Crippen molar-refractivity contribution in [2.24, 2.45) is 11.7 Å². The van der Waals surface area contributed by atoms with Crippen molar-refractivity contribution in [1.82, 2.24) is 0 Å². The average Bonchev–Trinajstić information content (AvgIpc) is 2.43. The predicted octanol–water partition coefficient (Wildman–Crippen LogP) is 2.41. The molecular weight excluding hydrogens is 299 g/mol. The molecule has 1 aliphatic carbocycles. The largest absolute Gasteiger partial charge is 0.490 e. The zero-order valence-electron chi connectivity index (χ0n) is 11.9. The number of halogens is 3. The maximum absolute atomic E-state index is 12.0. The number of carbonyl (C=O) groups is 1. The number of hydrogen-bond acceptors (Lipinski definition) is 4. The molecule has 1 saturated carbocycles. The van der Waals surface area contributed by atoms with Crippen molar-refractivity contribution >= 4 is 5.97 Å². The molecule has 0 aliphatic heterocycles. The van der Waals surface area contributed by atoms with E-state index in [9.17, 15) is 18.0 Å². The number of hydrogen-bond donors (Lipinski definition) is 1. The molecule has 1 aromatic carbocycles. The fourth-order valence-corrected chi connectivity index (χ4v) is 2.27. The minimum absolute atomic E-state index is 0.0156. The van der Waals surface area contributed by atoms with Crippen LogP contribution in [0.1, 0.15) is 18.4 Å². The van der Waals surface area contributed by atoms with Crippen LogP contribution in [-0.2, 0) is 20.9 Å². The highest BCUT2D eigenvalue weighted by Gasteiger charge is 2.42. The second kappa shape index (κ2) is 7.11. The van der Waals surface area contributed by atoms with E-state index in [0.29, 0.717) is 19.4 Å². The van der Waals surface area contributed by atoms with Crippen LogP contribution < -0.4 is 5.73 Å². The molecule has 22 heavy (non-hydrogen) atoms. The summed E-state index contributed by atoms with van der Waals surface area (Å²) in [6, 6.07) is 9.09. The summed E-state index contributed by atoms with van der Waals surface area (Å²) in [6.07, 6.45) is -3.59. The van der Waals surface area contributed by atoms with Crippen LogP contribution in [0.3, 0.4) is 0 Å². The van der Waals surface area contributed by atoms with E-state index in [2.05, 4.69) is 4.74 Å². The van der Waals surface area contributed by atoms with Gasteiger partial charge in [0.15, 0.2) is 0 Å². The summed E-state index contributed by atoms with van der Waals surface area (Å²) in [5.41, 5.74) is 6.80. The number of nitrogens with two attached hydrogens (primary N) is 1. The molecule has 4 nitrogen and oxygen atoms in total. The molecule has 2 N–H and O–H groups in total. The van der Waals surface area contributed by atoms with Gasteiger partial charge in [0, 0.05) is 6.04 Å². The zero-order chi connectivity index (χ0) is 16.2. The van der Waals surface area contributed by atoms with Crippen LogP contribution in [0.4, 0.5) is 13.2 Å². The van der Waals surface area contributed by atoms with Gasteiger partial charge in [0.05, 0.1) is 12.7 Å². The van der Waals surface area contributed by atoms with Crippen molar-refractivity contribution in [2.75, 3.05) is 6.61 Å². The lowest BCUT2D eigenvalue weighted by Crippen LogP contribution is -2.46. The number of benzene rings is 1. The van der Waals surface area contributed by atoms with Crippen LogP contribution in [0, 0.1) is 5.92 Å². The fourth-order valence-electron chi connectivity index (χ4n) is 2.27. The van der Waals surface area contributed by atoms with Gasteiger partial charge in [-0.2, -0.15) is 13.2 Å². The number of alkyl halides is 3. The lowest BCUT2D eigenvalue weighted by molar-refractivity contribution is -0.200. The molecule has 1 atom stereocenters. The van der Waals surface area contributed by atoms with Gasteiger partial charge >= 0.3 is 12.1 Å². The SMILES string of the molecule is NC(COC(=O)C(F)(F)F)C1CC(OCc2ccccc2)C1. The molecule has 2 rings (SSSR count). The van der Waals surface area contributed by atoms with Crippen molar-refractivity contribution in [3.8, 4) is 0 Å². The lowest BCUT2D eigenvalue weighted by atomic mass is 9.77. The molecule has 7 heteroatoms. The Hall–Kier alpha value is -1.60. The Morgan fingerprint density at radius 3 is 2.50 bits per heavy atom. The second-order valence-electron chi connectivity index (χ2n) is 5.41. The minimum atomic E-state index is -4.97. The average molecular weight is 317 g/mol. The number of esters is 1. The molecular formula is C15H18F3NO3. The van der Waals surface area contributed by atoms with Crippen molar-refractivity contribution < 1.29 is 27.4 Å². The van der Waals surface area contributed by atoms with Gasteiger partial charge in [0.25, 0.3) is 0 Å². The standard InChI is InChI=1S/C15H18F3NO3/c16-15(17,18)14(20)22-9-13(19)11-6-12(7-11)21-8-10-4-2-1-3-5-10/h1-5,11-13H,6-9,19H2. The van der Waals surface area contributed by atoms with Crippen LogP contribution in [0.15, 0.2) is 30.3 Å². The van der Waals surface area contributed by atoms with E-state index in [1.165, 1.54) is 0 Å². The van der Waals surface area contributed by atoms with Crippen molar-refractivity contribution in [3.63, 3.8) is 0 Å². The third-order valence-electron chi connectivity index (χ3n) is 3.70. The summed E-state index contributed by atoms with van der Waals surface area (Å²) in [7, 11) is 0. The first-order valence-electron chi connectivity index (χ1n) is 7.01. The maximum atomic E-state index is 12.0. The first-order chi connectivity index (χ1) is 10.4. The summed E-state index contributed by atoms with van der Waals surface area (Å²) < 4.78 is 45.8. The van der Waals surface area contributed by atoms with Gasteiger partial charge in [0.2, 0.25) is 0 Å². The first-order valence-corrected chi connectivity index (χ1v) is 7.01. The fraction of sp³-hybridized carbons (Fsp3) is 0.533. The van der Waals surface area contributed by atoms with Crippen LogP contribution in [0.2, 0.25) is 0 Å². The Kier molecular flexibility index (Phi) is 5.42. The smallest absolute Gasteiger partial charge is 0.457 e. The van der Waals surface area contributed by atoms with Gasteiger partial charge in [-0.15, -0.1) is 0 Å². The highest BCUT2D eigenvalue weighted by atomic mass is 19.4. The molecule has 1 aliphatic rings. The number of carbonyl (C=O) groups excluding carboxylic acids is 1. The highest BCUT2D eigenvalue weighted by Crippen LogP contribution is 2.33. The van der Waals surface area contributed by atoms with E-state index in [0.717, 1.165) is 5.56 Å². The lowest BCUT2D eigenvalue weighted by Gasteiger charge is -2.38. The van der Waals surface area contributed by atoms with Gasteiger partial charge < -0.3 is 15.2 Å². The third kappa shape index (κ3) is 4.71. The summed E-state index contributed by atoms with van der Waals surface area (Å²) in [5, 5.41) is 0. The summed E-state index contributed by atoms with van der Waals surface area (Å²) in [6.45, 7) is 0.0743. The molecule has 0 radical (unpaired) electrons. The third-order valence-corrected chi connectivity index (χ3v) is 3.70. The number of rotatable bonds is 6. The zero-order valence-corrected chi connectivity index (χ0v) is 11.9. The van der Waals surface area contributed by atoms with E-state index < -0.39 is 24.8 Å². The Morgan fingerprint density at radius 1 is 1.27 bits per heavy atom. The summed E-state index contributed by atoms with van der Waals surface area (Å²) >= 11 is 0. The topological polar surface area (TPSA) is 61.5 Å². The van der Waals surface area contributed by atoms with Crippen LogP contribution in [0.5, 0.6) is 0 Å². The Morgan fingerprint density at radius 2 is 1.91 bits per heavy atom. The molecule has 1 fully saturated rings. The van der Waals surface area contributed by atoms with E-state index in [1.807, 2.05) is 30.3 Å².